The van der Waals surface area contributed by atoms with Crippen LogP contribution in [0.4, 0.5) is 0 Å². The Morgan fingerprint density at radius 2 is 0.833 bits per heavy atom. The Morgan fingerprint density at radius 3 is 1.08 bits per heavy atom. The fraction of sp³-hybridized carbons (Fsp3) is 0.846. The fourth-order valence-corrected chi connectivity index (χ4v) is 16.6. The highest BCUT2D eigenvalue weighted by Gasteiger charge is 2.95. The molecule has 36 heavy (non-hydrogen) atoms. The normalized spacial score (nSPS) is 46.6. The molecule has 2 N–H and O–H groups in total. The van der Waals surface area contributed by atoms with Gasteiger partial charge in [-0.3, -0.25) is 29.8 Å². The Labute approximate surface area is 245 Å². The molecule has 4 saturated carbocycles. The number of hydrogen-bond acceptors (Lipinski definition) is 4. The van der Waals surface area contributed by atoms with Gasteiger partial charge in [0.2, 0.25) is 23.6 Å². The van der Waals surface area contributed by atoms with Crippen molar-refractivity contribution in [3.05, 3.63) is 0 Å². The number of nitrogens with one attached hydrogen (secondary N) is 2. The number of amides is 4. The lowest BCUT2D eigenvalue weighted by molar-refractivity contribution is -0.180. The van der Waals surface area contributed by atoms with Crippen LogP contribution >= 0.6 is 63.7 Å². The summed E-state index contributed by atoms with van der Waals surface area (Å²) in [5.41, 5.74) is -5.26. The first-order valence-electron chi connectivity index (χ1n) is 12.7. The zero-order chi connectivity index (χ0) is 27.0. The quantitative estimate of drug-likeness (QED) is 0.221. The Kier molecular flexibility index (Phi) is 4.70. The second-order valence-corrected chi connectivity index (χ2v) is 20.7. The maximum atomic E-state index is 13.5. The third-order valence-electron chi connectivity index (χ3n) is 13.8. The van der Waals surface area contributed by atoms with Crippen molar-refractivity contribution in [1.82, 2.24) is 10.6 Å². The van der Waals surface area contributed by atoms with Crippen LogP contribution in [0, 0.1) is 43.3 Å². The summed E-state index contributed by atoms with van der Waals surface area (Å²) < 4.78 is -1.77. The molecule has 2 spiro atoms. The Bertz CT molecular complexity index is 1090. The molecule has 6 nitrogen and oxygen atoms in total. The van der Waals surface area contributed by atoms with Gasteiger partial charge in [-0.1, -0.05) is 105 Å². The number of halogens is 4. The summed E-state index contributed by atoms with van der Waals surface area (Å²) >= 11 is 15.6. The van der Waals surface area contributed by atoms with Gasteiger partial charge in [-0.15, -0.1) is 0 Å². The van der Waals surface area contributed by atoms with E-state index in [1.54, 1.807) is 0 Å². The first-order valence-corrected chi connectivity index (χ1v) is 15.9. The predicted octanol–water partition coefficient (Wildman–Crippen LogP) is 5.68. The molecule has 0 aromatic heterocycles. The summed E-state index contributed by atoms with van der Waals surface area (Å²) in [4.78, 5) is 54.1. The van der Waals surface area contributed by atoms with E-state index in [1.807, 2.05) is 0 Å². The van der Waals surface area contributed by atoms with Crippen molar-refractivity contribution in [2.75, 3.05) is 0 Å². The van der Waals surface area contributed by atoms with Crippen LogP contribution < -0.4 is 10.6 Å². The maximum Gasteiger partial charge on any atom is 0.245 e. The summed E-state index contributed by atoms with van der Waals surface area (Å²) in [7, 11) is 0. The zero-order valence-electron chi connectivity index (χ0n) is 21.4. The van der Waals surface area contributed by atoms with Gasteiger partial charge in [0.05, 0.1) is 0 Å². The molecule has 4 aliphatic carbocycles. The molecule has 6 aliphatic rings. The van der Waals surface area contributed by atoms with Crippen LogP contribution in [0.25, 0.3) is 0 Å². The van der Waals surface area contributed by atoms with E-state index in [4.69, 9.17) is 0 Å². The summed E-state index contributed by atoms with van der Waals surface area (Å²) in [6.45, 7) is 13.1. The monoisotopic (exact) mass is 752 g/mol. The standard InChI is InChI=1S/C26H32Br4N2O4/c1-17(2)19(5)7-9-21(17,23(25(19,27)28)13(33)31-14(23)34)11-12-22-10-8-20(6,18(22,3)4)26(29,30)24(22)15(35)32-16(24)36/h7-12H2,1-6H3,(H,31,33,34)(H,32,35,36). The molecule has 0 aromatic rings. The van der Waals surface area contributed by atoms with Crippen LogP contribution in [-0.2, 0) is 19.2 Å². The van der Waals surface area contributed by atoms with Gasteiger partial charge in [0, 0.05) is 21.7 Å². The lowest BCUT2D eigenvalue weighted by Gasteiger charge is -2.60. The van der Waals surface area contributed by atoms with Crippen LogP contribution in [0.5, 0.6) is 0 Å². The molecule has 4 atom stereocenters. The van der Waals surface area contributed by atoms with Gasteiger partial charge in [-0.2, -0.15) is 0 Å². The van der Waals surface area contributed by atoms with Crippen molar-refractivity contribution in [1.29, 1.82) is 0 Å². The van der Waals surface area contributed by atoms with E-state index in [9.17, 15) is 19.2 Å². The van der Waals surface area contributed by atoms with E-state index < -0.39 is 28.1 Å². The predicted molar refractivity (Wildman–Crippen MR) is 149 cm³/mol. The fourth-order valence-electron chi connectivity index (χ4n) is 10.9. The van der Waals surface area contributed by atoms with E-state index in [0.717, 1.165) is 25.7 Å². The Morgan fingerprint density at radius 1 is 0.556 bits per heavy atom. The van der Waals surface area contributed by atoms with E-state index >= 15 is 0 Å². The van der Waals surface area contributed by atoms with Crippen molar-refractivity contribution < 1.29 is 19.2 Å². The van der Waals surface area contributed by atoms with E-state index in [2.05, 4.69) is 116 Å². The van der Waals surface area contributed by atoms with Crippen molar-refractivity contribution in [3.63, 3.8) is 0 Å². The van der Waals surface area contributed by atoms with Gasteiger partial charge in [0.15, 0.2) is 10.8 Å². The lowest BCUT2D eigenvalue weighted by atomic mass is 9.47. The Balaban J connectivity index is 1.54. The third-order valence-corrected chi connectivity index (χ3v) is 19.7. The SMILES string of the molecule is CC1(C)C2(C)CCC1(CCC13CCC(C)(C1(C)C)C(Br)(Br)C31C(=O)NC1=O)C1(C(=O)NC1=O)C2(Br)Br. The van der Waals surface area contributed by atoms with Crippen LogP contribution in [0.3, 0.4) is 0 Å². The topological polar surface area (TPSA) is 92.3 Å². The first kappa shape index (κ1) is 26.4. The van der Waals surface area contributed by atoms with Crippen molar-refractivity contribution in [2.24, 2.45) is 43.3 Å². The van der Waals surface area contributed by atoms with Crippen LogP contribution in [0.2, 0.25) is 0 Å². The van der Waals surface area contributed by atoms with Crippen molar-refractivity contribution >= 4 is 87.3 Å². The van der Waals surface area contributed by atoms with Gasteiger partial charge >= 0.3 is 0 Å². The van der Waals surface area contributed by atoms with Gasteiger partial charge < -0.3 is 0 Å². The van der Waals surface area contributed by atoms with Crippen LogP contribution in [0.15, 0.2) is 0 Å². The number of carbonyl (C=O) groups excluding carboxylic acids is 4. The number of carbonyl (C=O) groups is 4. The minimum atomic E-state index is -1.25. The highest BCUT2D eigenvalue weighted by molar-refractivity contribution is 9.25. The van der Waals surface area contributed by atoms with E-state index in [-0.39, 0.29) is 45.3 Å². The average molecular weight is 756 g/mol. The minimum absolute atomic E-state index is 0.236. The Hall–Kier alpha value is 0.200. The number of imide groups is 2. The maximum absolute atomic E-state index is 13.5. The molecule has 6 rings (SSSR count). The minimum Gasteiger partial charge on any atom is -0.294 e. The van der Waals surface area contributed by atoms with Crippen molar-refractivity contribution in [2.45, 2.75) is 86.5 Å². The third kappa shape index (κ3) is 1.84. The number of alkyl halides is 4. The molecule has 2 aliphatic heterocycles. The molecule has 10 heteroatoms. The molecule has 2 heterocycles. The van der Waals surface area contributed by atoms with Gasteiger partial charge in [-0.25, -0.2) is 0 Å². The van der Waals surface area contributed by atoms with Gasteiger partial charge in [-0.05, 0) is 49.4 Å². The molecule has 0 radical (unpaired) electrons. The first-order chi connectivity index (χ1) is 16.2. The second-order valence-electron chi connectivity index (χ2n) is 13.8. The van der Waals surface area contributed by atoms with Crippen LogP contribution in [0.1, 0.15) is 80.1 Å². The molecular formula is C26H32Br4N2O4. The molecule has 198 valence electrons. The highest BCUT2D eigenvalue weighted by Crippen LogP contribution is 2.91. The lowest BCUT2D eigenvalue weighted by Crippen LogP contribution is -2.77. The second kappa shape index (κ2) is 6.40. The molecule has 4 amide bonds. The zero-order valence-corrected chi connectivity index (χ0v) is 27.7. The van der Waals surface area contributed by atoms with E-state index in [0.29, 0.717) is 12.8 Å². The number of β-lactam (4-membered cyclic amide) rings is 4. The summed E-state index contributed by atoms with van der Waals surface area (Å²) in [5.74, 6) is -0.946. The molecule has 2 saturated heterocycles. The molecule has 6 fully saturated rings. The van der Waals surface area contributed by atoms with Crippen LogP contribution in [-0.4, -0.2) is 30.1 Å². The number of fused-ring (bicyclic) bond motifs is 6. The highest BCUT2D eigenvalue weighted by atomic mass is 79.9. The molecule has 4 bridgehead atoms. The summed E-state index contributed by atoms with van der Waals surface area (Å²) in [6.07, 6.45) is 4.35. The van der Waals surface area contributed by atoms with Gasteiger partial charge in [0.1, 0.15) is 6.47 Å². The number of rotatable bonds is 3. The van der Waals surface area contributed by atoms with Gasteiger partial charge in [0.25, 0.3) is 0 Å². The molecular weight excluding hydrogens is 724 g/mol. The average Bonchev–Trinajstić information content (AvgIpc) is 3.15. The van der Waals surface area contributed by atoms with Crippen molar-refractivity contribution in [3.8, 4) is 0 Å². The molecule has 4 unspecified atom stereocenters. The largest absolute Gasteiger partial charge is 0.294 e. The number of hydrogen-bond donors (Lipinski definition) is 2. The summed E-state index contributed by atoms with van der Waals surface area (Å²) in [5, 5.41) is 5.07. The molecule has 0 aromatic carbocycles. The summed E-state index contributed by atoms with van der Waals surface area (Å²) in [6, 6.07) is 0. The van der Waals surface area contributed by atoms with E-state index in [1.165, 1.54) is 0 Å². The smallest absolute Gasteiger partial charge is 0.245 e.